The van der Waals surface area contributed by atoms with E-state index in [1.165, 1.54) is 11.1 Å². The van der Waals surface area contributed by atoms with Crippen molar-refractivity contribution in [2.24, 2.45) is 0 Å². The molecule has 2 aromatic carbocycles. The molecule has 0 saturated heterocycles. The van der Waals surface area contributed by atoms with Gasteiger partial charge in [-0.25, -0.2) is 0 Å². The first-order valence-corrected chi connectivity index (χ1v) is 9.52. The number of anilines is 2. The molecule has 27 heavy (non-hydrogen) atoms. The summed E-state index contributed by atoms with van der Waals surface area (Å²) in [5, 5.41) is 13.3. The third-order valence-electron chi connectivity index (χ3n) is 5.25. The molecule has 2 N–H and O–H groups in total. The van der Waals surface area contributed by atoms with E-state index < -0.39 is 0 Å². The fourth-order valence-electron chi connectivity index (χ4n) is 3.61. The Labute approximate surface area is 160 Å². The summed E-state index contributed by atoms with van der Waals surface area (Å²) in [4.78, 5) is 4.60. The molecule has 0 unspecified atom stereocenters. The predicted octanol–water partition coefficient (Wildman–Crippen LogP) is 5.23. The Morgan fingerprint density at radius 3 is 2.63 bits per heavy atom. The van der Waals surface area contributed by atoms with Crippen LogP contribution in [0.5, 0.6) is 0 Å². The number of benzene rings is 2. The highest BCUT2D eigenvalue weighted by Gasteiger charge is 2.20. The number of aromatic nitrogens is 1. The second kappa shape index (κ2) is 6.86. The maximum atomic E-state index is 10.0. The van der Waals surface area contributed by atoms with Crippen LogP contribution in [0.3, 0.4) is 0 Å². The summed E-state index contributed by atoms with van der Waals surface area (Å²) in [5.41, 5.74) is 6.67. The molecule has 1 aromatic heterocycles. The monoisotopic (exact) mass is 362 g/mol. The molecule has 4 nitrogen and oxygen atoms in total. The van der Waals surface area contributed by atoms with E-state index in [-0.39, 0.29) is 11.5 Å². The molecule has 140 valence electrons. The summed E-state index contributed by atoms with van der Waals surface area (Å²) in [5.74, 6) is 0. The summed E-state index contributed by atoms with van der Waals surface area (Å²) in [6.45, 7) is 6.62. The van der Waals surface area contributed by atoms with Crippen molar-refractivity contribution in [2.45, 2.75) is 51.6 Å². The van der Waals surface area contributed by atoms with Gasteiger partial charge in [-0.3, -0.25) is 0 Å². The predicted molar refractivity (Wildman–Crippen MR) is 108 cm³/mol. The Balaban J connectivity index is 1.56. The number of fused-ring (bicyclic) bond motifs is 1. The van der Waals surface area contributed by atoms with Gasteiger partial charge in [0.25, 0.3) is 6.01 Å². The van der Waals surface area contributed by atoms with Crippen LogP contribution in [0, 0.1) is 0 Å². The van der Waals surface area contributed by atoms with Crippen molar-refractivity contribution >= 4 is 11.7 Å². The van der Waals surface area contributed by atoms with E-state index in [0.29, 0.717) is 12.4 Å². The Morgan fingerprint density at radius 1 is 1.11 bits per heavy atom. The van der Waals surface area contributed by atoms with Gasteiger partial charge in [-0.2, -0.15) is 4.98 Å². The van der Waals surface area contributed by atoms with Crippen LogP contribution in [-0.4, -0.2) is 16.2 Å². The van der Waals surface area contributed by atoms with Gasteiger partial charge in [0, 0.05) is 17.7 Å². The van der Waals surface area contributed by atoms with Crippen LogP contribution in [0.1, 0.15) is 43.9 Å². The van der Waals surface area contributed by atoms with E-state index >= 15 is 0 Å². The van der Waals surface area contributed by atoms with Crippen molar-refractivity contribution in [2.75, 3.05) is 5.32 Å². The van der Waals surface area contributed by atoms with Crippen molar-refractivity contribution in [3.63, 3.8) is 0 Å². The fourth-order valence-corrected chi connectivity index (χ4v) is 3.61. The fraction of sp³-hybridized carbons (Fsp3) is 0.348. The van der Waals surface area contributed by atoms with Crippen LogP contribution in [0.25, 0.3) is 11.3 Å². The molecule has 1 heterocycles. The molecule has 0 bridgehead atoms. The molecule has 1 aliphatic carbocycles. The van der Waals surface area contributed by atoms with Crippen molar-refractivity contribution < 1.29 is 9.52 Å². The second-order valence-electron chi connectivity index (χ2n) is 8.33. The molecular weight excluding hydrogens is 336 g/mol. The van der Waals surface area contributed by atoms with Gasteiger partial charge in [0.05, 0.1) is 6.10 Å². The first-order valence-electron chi connectivity index (χ1n) is 9.52. The van der Waals surface area contributed by atoms with E-state index in [4.69, 9.17) is 4.42 Å². The Kier molecular flexibility index (Phi) is 4.52. The summed E-state index contributed by atoms with van der Waals surface area (Å²) in [6, 6.07) is 15.1. The average Bonchev–Trinajstić information content (AvgIpc) is 3.10. The lowest BCUT2D eigenvalue weighted by atomic mass is 9.86. The number of nitrogens with zero attached hydrogens (tertiary/aromatic N) is 1. The lowest BCUT2D eigenvalue weighted by Crippen LogP contribution is -2.19. The van der Waals surface area contributed by atoms with Crippen molar-refractivity contribution in [3.8, 4) is 11.3 Å². The van der Waals surface area contributed by atoms with E-state index in [0.717, 1.165) is 35.3 Å². The van der Waals surface area contributed by atoms with Gasteiger partial charge in [0.15, 0.2) is 0 Å². The Bertz CT molecular complexity index is 936. The first-order chi connectivity index (χ1) is 12.9. The van der Waals surface area contributed by atoms with Crippen molar-refractivity contribution in [3.05, 3.63) is 65.4 Å². The van der Waals surface area contributed by atoms with Crippen LogP contribution < -0.4 is 5.32 Å². The SMILES string of the molecule is CC(C)(C)c1ccc(-c2coc(Nc3cccc4c3C[C@H](O)CC4)n2)cc1. The van der Waals surface area contributed by atoms with Gasteiger partial charge < -0.3 is 14.8 Å². The van der Waals surface area contributed by atoms with Gasteiger partial charge in [-0.15, -0.1) is 0 Å². The third kappa shape index (κ3) is 3.76. The smallest absolute Gasteiger partial charge is 0.299 e. The maximum absolute atomic E-state index is 10.0. The lowest BCUT2D eigenvalue weighted by Gasteiger charge is -2.23. The number of aryl methyl sites for hydroxylation is 1. The molecule has 4 rings (SSSR count). The molecule has 0 aliphatic heterocycles. The highest BCUT2D eigenvalue weighted by atomic mass is 16.4. The standard InChI is InChI=1S/C23H26N2O2/c1-23(2,3)17-10-7-16(8-11-17)21-14-27-22(25-21)24-20-6-4-5-15-9-12-18(26)13-19(15)20/h4-8,10-11,14,18,26H,9,12-13H2,1-3H3,(H,24,25)/t18-/m1/s1. The van der Waals surface area contributed by atoms with E-state index in [2.05, 4.69) is 61.4 Å². The molecule has 0 spiro atoms. The van der Waals surface area contributed by atoms with Gasteiger partial charge in [0.2, 0.25) is 0 Å². The topological polar surface area (TPSA) is 58.3 Å². The molecule has 0 saturated carbocycles. The number of nitrogens with one attached hydrogen (secondary N) is 1. The quantitative estimate of drug-likeness (QED) is 0.669. The zero-order chi connectivity index (χ0) is 19.0. The number of aliphatic hydroxyl groups excluding tert-OH is 1. The van der Waals surface area contributed by atoms with E-state index in [1.807, 2.05) is 12.1 Å². The molecule has 0 amide bonds. The zero-order valence-electron chi connectivity index (χ0n) is 16.1. The number of hydrogen-bond acceptors (Lipinski definition) is 4. The second-order valence-corrected chi connectivity index (χ2v) is 8.33. The van der Waals surface area contributed by atoms with Crippen molar-refractivity contribution in [1.29, 1.82) is 0 Å². The van der Waals surface area contributed by atoms with Gasteiger partial charge in [-0.05, 0) is 41.0 Å². The number of rotatable bonds is 3. The highest BCUT2D eigenvalue weighted by Crippen LogP contribution is 2.31. The summed E-state index contributed by atoms with van der Waals surface area (Å²) >= 11 is 0. The Hall–Kier alpha value is -2.59. The molecule has 0 radical (unpaired) electrons. The van der Waals surface area contributed by atoms with Crippen LogP contribution in [0.4, 0.5) is 11.7 Å². The molecule has 0 fully saturated rings. The van der Waals surface area contributed by atoms with Crippen LogP contribution in [0.15, 0.2) is 53.1 Å². The largest absolute Gasteiger partial charge is 0.431 e. The first kappa shape index (κ1) is 17.8. The van der Waals surface area contributed by atoms with E-state index in [1.54, 1.807) is 6.26 Å². The summed E-state index contributed by atoms with van der Waals surface area (Å²) in [6.07, 6.45) is 3.80. The molecular formula is C23H26N2O2. The zero-order valence-corrected chi connectivity index (χ0v) is 16.1. The third-order valence-corrected chi connectivity index (χ3v) is 5.25. The molecule has 1 aliphatic rings. The molecule has 1 atom stereocenters. The van der Waals surface area contributed by atoms with E-state index in [9.17, 15) is 5.11 Å². The number of oxazole rings is 1. The highest BCUT2D eigenvalue weighted by molar-refractivity contribution is 5.64. The number of aliphatic hydroxyl groups is 1. The minimum Gasteiger partial charge on any atom is -0.431 e. The van der Waals surface area contributed by atoms with Gasteiger partial charge in [0.1, 0.15) is 12.0 Å². The van der Waals surface area contributed by atoms with Crippen LogP contribution >= 0.6 is 0 Å². The molecule has 4 heteroatoms. The summed E-state index contributed by atoms with van der Waals surface area (Å²) in [7, 11) is 0. The minimum absolute atomic E-state index is 0.131. The lowest BCUT2D eigenvalue weighted by molar-refractivity contribution is 0.159. The average molecular weight is 362 g/mol. The van der Waals surface area contributed by atoms with Gasteiger partial charge >= 0.3 is 0 Å². The van der Waals surface area contributed by atoms with Crippen LogP contribution in [0.2, 0.25) is 0 Å². The normalized spacial score (nSPS) is 16.8. The molecule has 3 aromatic rings. The van der Waals surface area contributed by atoms with Crippen molar-refractivity contribution in [1.82, 2.24) is 4.98 Å². The minimum atomic E-state index is -0.276. The maximum Gasteiger partial charge on any atom is 0.299 e. The van der Waals surface area contributed by atoms with Crippen LogP contribution in [-0.2, 0) is 18.3 Å². The Morgan fingerprint density at radius 2 is 1.89 bits per heavy atom. The van der Waals surface area contributed by atoms with Gasteiger partial charge in [-0.1, -0.05) is 57.2 Å². The number of hydrogen-bond donors (Lipinski definition) is 2. The summed E-state index contributed by atoms with van der Waals surface area (Å²) < 4.78 is 5.65.